The van der Waals surface area contributed by atoms with E-state index in [9.17, 15) is 9.59 Å². The van der Waals surface area contributed by atoms with Crippen LogP contribution in [0.15, 0.2) is 9.53 Å². The number of likely N-dealkylation sites (N-methyl/N-ethyl adjacent to an activating group) is 1. The molecule has 0 bridgehead atoms. The lowest BCUT2D eigenvalue weighted by Gasteiger charge is -2.45. The van der Waals surface area contributed by atoms with E-state index in [2.05, 4.69) is 31.0 Å². The molecule has 1 aliphatic rings. The van der Waals surface area contributed by atoms with Crippen molar-refractivity contribution in [2.24, 2.45) is 0 Å². The Labute approximate surface area is 159 Å². The predicted octanol–water partition coefficient (Wildman–Crippen LogP) is 1.80. The highest BCUT2D eigenvalue weighted by atomic mass is 79.9. The number of nitrogens with zero attached hydrogens (tertiary/aromatic N) is 5. The number of anilines is 1. The van der Waals surface area contributed by atoms with E-state index in [1.807, 2.05) is 32.6 Å². The molecule has 1 amide bonds. The van der Waals surface area contributed by atoms with Crippen molar-refractivity contribution in [3.63, 3.8) is 0 Å². The number of H-pyrrole nitrogens is 1. The molecule has 0 spiro atoms. The van der Waals surface area contributed by atoms with Crippen LogP contribution in [0.5, 0.6) is 0 Å². The summed E-state index contributed by atoms with van der Waals surface area (Å²) in [4.78, 5) is 37.2. The number of aryl methyl sites for hydroxylation is 1. The maximum Gasteiger partial charge on any atom is 0.410 e. The second-order valence-electron chi connectivity index (χ2n) is 7.37. The summed E-state index contributed by atoms with van der Waals surface area (Å²) in [6, 6.07) is -0.0110. The fraction of sp³-hybridized carbons (Fsp3) is 0.625. The molecule has 3 rings (SSSR count). The number of nitrogens with one attached hydrogen (secondary N) is 1. The Morgan fingerprint density at radius 2 is 2.04 bits per heavy atom. The first kappa shape index (κ1) is 18.7. The molecule has 0 radical (unpaired) electrons. The summed E-state index contributed by atoms with van der Waals surface area (Å²) in [5.41, 5.74) is 0.525. The van der Waals surface area contributed by atoms with E-state index < -0.39 is 5.60 Å². The second-order valence-corrected chi connectivity index (χ2v) is 8.12. The Morgan fingerprint density at radius 3 is 2.62 bits per heavy atom. The van der Waals surface area contributed by atoms with Crippen LogP contribution in [0.4, 0.5) is 10.5 Å². The fourth-order valence-electron chi connectivity index (χ4n) is 2.85. The minimum atomic E-state index is -0.536. The van der Waals surface area contributed by atoms with Crippen LogP contribution in [0.1, 0.15) is 33.4 Å². The van der Waals surface area contributed by atoms with Gasteiger partial charge >= 0.3 is 6.09 Å². The zero-order valence-corrected chi connectivity index (χ0v) is 17.1. The number of fused-ring (bicyclic) bond motifs is 1. The minimum Gasteiger partial charge on any atom is -0.444 e. The van der Waals surface area contributed by atoms with Gasteiger partial charge in [-0.25, -0.2) is 9.78 Å². The van der Waals surface area contributed by atoms with E-state index in [-0.39, 0.29) is 17.7 Å². The highest BCUT2D eigenvalue weighted by molar-refractivity contribution is 9.10. The van der Waals surface area contributed by atoms with Gasteiger partial charge in [0.2, 0.25) is 0 Å². The molecule has 0 unspecified atom stereocenters. The quantitative estimate of drug-likeness (QED) is 0.803. The van der Waals surface area contributed by atoms with Gasteiger partial charge < -0.3 is 14.5 Å². The fourth-order valence-corrected chi connectivity index (χ4v) is 3.19. The molecule has 1 aliphatic heterocycles. The number of carbonyl (C=O) groups excluding carboxylic acids is 1. The Morgan fingerprint density at radius 1 is 1.38 bits per heavy atom. The van der Waals surface area contributed by atoms with E-state index in [0.29, 0.717) is 41.4 Å². The summed E-state index contributed by atoms with van der Waals surface area (Å²) < 4.78 is 7.17. The number of hydrogen-bond acceptors (Lipinski definition) is 6. The van der Waals surface area contributed by atoms with Gasteiger partial charge in [-0.05, 0) is 43.1 Å². The smallest absolute Gasteiger partial charge is 0.410 e. The standard InChI is InChI=1S/C16H23BrN6O3/c1-6-10-11(12(24)23-14(18-10)19-13(17)20-23)22-7-9(8-22)21(5)15(25)26-16(2,3)4/h9H,6-8H2,1-5H3,(H,18,19,20). The lowest BCUT2D eigenvalue weighted by Crippen LogP contribution is -2.61. The number of aromatic amines is 1. The van der Waals surface area contributed by atoms with Crippen molar-refractivity contribution >= 4 is 33.5 Å². The first-order valence-corrected chi connectivity index (χ1v) is 9.28. The van der Waals surface area contributed by atoms with Gasteiger partial charge in [0.15, 0.2) is 4.73 Å². The summed E-state index contributed by atoms with van der Waals surface area (Å²) >= 11 is 3.23. The Kier molecular flexibility index (Phi) is 4.72. The summed E-state index contributed by atoms with van der Waals surface area (Å²) in [6.45, 7) is 8.58. The average molecular weight is 427 g/mol. The Bertz CT molecular complexity index is 894. The van der Waals surface area contributed by atoms with Crippen LogP contribution in [0.2, 0.25) is 0 Å². The molecule has 0 saturated carbocycles. The molecule has 1 N–H and O–H groups in total. The van der Waals surface area contributed by atoms with Gasteiger partial charge in [-0.15, -0.1) is 0 Å². The second kappa shape index (κ2) is 6.57. The zero-order valence-electron chi connectivity index (χ0n) is 15.5. The molecule has 1 fully saturated rings. The van der Waals surface area contributed by atoms with Crippen LogP contribution in [-0.4, -0.2) is 62.4 Å². The van der Waals surface area contributed by atoms with Crippen LogP contribution in [-0.2, 0) is 11.2 Å². The minimum absolute atomic E-state index is 0.0110. The number of rotatable bonds is 3. The highest BCUT2D eigenvalue weighted by Gasteiger charge is 2.37. The van der Waals surface area contributed by atoms with Crippen LogP contribution < -0.4 is 10.5 Å². The molecule has 2 aromatic rings. The first-order valence-electron chi connectivity index (χ1n) is 8.48. The van der Waals surface area contributed by atoms with Crippen LogP contribution in [0.3, 0.4) is 0 Å². The maximum absolute atomic E-state index is 12.8. The molecule has 142 valence electrons. The molecule has 1 saturated heterocycles. The third kappa shape index (κ3) is 3.42. The van der Waals surface area contributed by atoms with Crippen LogP contribution in [0, 0.1) is 0 Å². The van der Waals surface area contributed by atoms with Crippen molar-refractivity contribution in [3.05, 3.63) is 20.8 Å². The lowest BCUT2D eigenvalue weighted by atomic mass is 10.1. The number of halogens is 1. The van der Waals surface area contributed by atoms with E-state index in [1.54, 1.807) is 11.9 Å². The van der Waals surface area contributed by atoms with Crippen molar-refractivity contribution in [1.82, 2.24) is 24.5 Å². The number of carbonyl (C=O) groups is 1. The van der Waals surface area contributed by atoms with E-state index >= 15 is 0 Å². The van der Waals surface area contributed by atoms with Crippen LogP contribution in [0.25, 0.3) is 5.78 Å². The summed E-state index contributed by atoms with van der Waals surface area (Å²) in [6.07, 6.45) is 0.259. The summed E-state index contributed by atoms with van der Waals surface area (Å²) in [7, 11) is 1.72. The number of hydrogen-bond donors (Lipinski definition) is 1. The molecule has 3 heterocycles. The van der Waals surface area contributed by atoms with E-state index in [0.717, 1.165) is 0 Å². The molecular formula is C16H23BrN6O3. The third-order valence-corrected chi connectivity index (χ3v) is 4.61. The molecule has 0 aromatic carbocycles. The topological polar surface area (TPSA) is 95.8 Å². The average Bonchev–Trinajstić information content (AvgIpc) is 2.86. The largest absolute Gasteiger partial charge is 0.444 e. The van der Waals surface area contributed by atoms with E-state index in [1.165, 1.54) is 4.52 Å². The summed E-state index contributed by atoms with van der Waals surface area (Å²) in [5.74, 6) is 0.338. The van der Waals surface area contributed by atoms with Crippen molar-refractivity contribution in [2.45, 2.75) is 45.8 Å². The van der Waals surface area contributed by atoms with Crippen molar-refractivity contribution in [3.8, 4) is 0 Å². The van der Waals surface area contributed by atoms with Gasteiger partial charge in [-0.3, -0.25) is 9.89 Å². The van der Waals surface area contributed by atoms with Crippen LogP contribution >= 0.6 is 15.9 Å². The monoisotopic (exact) mass is 426 g/mol. The Balaban J connectivity index is 1.79. The molecular weight excluding hydrogens is 404 g/mol. The van der Waals surface area contributed by atoms with Crippen molar-refractivity contribution in [1.29, 1.82) is 0 Å². The SMILES string of the molecule is CCc1nc2nc(Br)[nH]n2c(=O)c1N1CC(N(C)C(=O)OC(C)(C)C)C1. The van der Waals surface area contributed by atoms with E-state index in [4.69, 9.17) is 4.74 Å². The molecule has 2 aromatic heterocycles. The third-order valence-electron chi connectivity index (χ3n) is 4.26. The van der Waals surface area contributed by atoms with Crippen molar-refractivity contribution in [2.75, 3.05) is 25.0 Å². The normalized spacial score (nSPS) is 15.2. The Hall–Kier alpha value is -2.10. The molecule has 0 atom stereocenters. The van der Waals surface area contributed by atoms with Gasteiger partial charge in [0, 0.05) is 20.1 Å². The van der Waals surface area contributed by atoms with Gasteiger partial charge in [-0.2, -0.15) is 9.50 Å². The van der Waals surface area contributed by atoms with Gasteiger partial charge in [-0.1, -0.05) is 6.92 Å². The number of ether oxygens (including phenoxy) is 1. The molecule has 10 heteroatoms. The first-order chi connectivity index (χ1) is 12.1. The van der Waals surface area contributed by atoms with Gasteiger partial charge in [0.1, 0.15) is 11.3 Å². The summed E-state index contributed by atoms with van der Waals surface area (Å²) in [5, 5.41) is 2.84. The zero-order chi connectivity index (χ0) is 19.2. The van der Waals surface area contributed by atoms with Gasteiger partial charge in [0.05, 0.1) is 11.7 Å². The highest BCUT2D eigenvalue weighted by Crippen LogP contribution is 2.24. The molecule has 9 nitrogen and oxygen atoms in total. The number of amides is 1. The van der Waals surface area contributed by atoms with Crippen molar-refractivity contribution < 1.29 is 9.53 Å². The predicted molar refractivity (Wildman–Crippen MR) is 101 cm³/mol. The van der Waals surface area contributed by atoms with Gasteiger partial charge in [0.25, 0.3) is 11.3 Å². The molecule has 0 aliphatic carbocycles. The number of aromatic nitrogens is 4. The lowest BCUT2D eigenvalue weighted by molar-refractivity contribution is 0.0197. The maximum atomic E-state index is 12.8. The molecule has 26 heavy (non-hydrogen) atoms.